The Morgan fingerprint density at radius 3 is 2.81 bits per heavy atom. The summed E-state index contributed by atoms with van der Waals surface area (Å²) in [5.41, 5.74) is 1.59. The monoisotopic (exact) mass is 360 g/mol. The number of amides is 1. The fourth-order valence-electron chi connectivity index (χ4n) is 4.38. The highest BCUT2D eigenvalue weighted by atomic mass is 16.2. The molecule has 0 aliphatic carbocycles. The predicted octanol–water partition coefficient (Wildman–Crippen LogP) is 3.01. The first-order valence-corrected chi connectivity index (χ1v) is 9.65. The van der Waals surface area contributed by atoms with Crippen molar-refractivity contribution >= 4 is 11.7 Å². The number of hydrogen-bond donors (Lipinski definition) is 0. The van der Waals surface area contributed by atoms with Gasteiger partial charge in [0, 0.05) is 32.4 Å². The van der Waals surface area contributed by atoms with E-state index in [-0.39, 0.29) is 5.41 Å². The summed E-state index contributed by atoms with van der Waals surface area (Å²) in [6.07, 6.45) is 5.44. The number of benzene rings is 1. The van der Waals surface area contributed by atoms with E-state index in [2.05, 4.69) is 33.0 Å². The lowest BCUT2D eigenvalue weighted by atomic mass is 9.78. The Morgan fingerprint density at radius 2 is 2.00 bits per heavy atom. The maximum absolute atomic E-state index is 13.3. The Bertz CT molecular complexity index is 860. The summed E-state index contributed by atoms with van der Waals surface area (Å²) < 4.78 is 0. The molecule has 5 nitrogen and oxygen atoms in total. The molecular formula is C22H24N4O. The van der Waals surface area contributed by atoms with E-state index in [9.17, 15) is 4.79 Å². The number of piperidine rings is 1. The van der Waals surface area contributed by atoms with E-state index >= 15 is 0 Å². The minimum absolute atomic E-state index is 0.292. The third-order valence-corrected chi connectivity index (χ3v) is 5.89. The number of carbonyl (C=O) groups is 1. The summed E-state index contributed by atoms with van der Waals surface area (Å²) in [6.45, 7) is 3.16. The molecule has 2 saturated heterocycles. The third kappa shape index (κ3) is 3.52. The molecule has 27 heavy (non-hydrogen) atoms. The lowest BCUT2D eigenvalue weighted by molar-refractivity contribution is -0.144. The summed E-state index contributed by atoms with van der Waals surface area (Å²) in [7, 11) is 0. The second-order valence-corrected chi connectivity index (χ2v) is 7.60. The summed E-state index contributed by atoms with van der Waals surface area (Å²) in [4.78, 5) is 21.9. The highest BCUT2D eigenvalue weighted by Gasteiger charge is 2.48. The van der Waals surface area contributed by atoms with Crippen LogP contribution in [0.4, 0.5) is 5.82 Å². The van der Waals surface area contributed by atoms with Gasteiger partial charge in [-0.3, -0.25) is 4.79 Å². The van der Waals surface area contributed by atoms with Crippen LogP contribution in [0.25, 0.3) is 0 Å². The lowest BCUT2D eigenvalue weighted by Crippen LogP contribution is -2.50. The zero-order chi connectivity index (χ0) is 18.7. The number of aromatic nitrogens is 1. The van der Waals surface area contributed by atoms with Crippen LogP contribution in [0.15, 0.2) is 48.7 Å². The normalized spacial score (nSPS) is 22.3. The number of nitrogens with zero attached hydrogens (tertiary/aromatic N) is 4. The Kier molecular flexibility index (Phi) is 4.81. The van der Waals surface area contributed by atoms with Crippen molar-refractivity contribution in [3.63, 3.8) is 0 Å². The second kappa shape index (κ2) is 7.40. The molecule has 2 aliphatic rings. The van der Waals surface area contributed by atoms with Crippen LogP contribution in [-0.4, -0.2) is 42.0 Å². The Balaban J connectivity index is 1.45. The molecule has 5 heteroatoms. The van der Waals surface area contributed by atoms with Gasteiger partial charge >= 0.3 is 0 Å². The van der Waals surface area contributed by atoms with Gasteiger partial charge in [-0.2, -0.15) is 5.26 Å². The fraction of sp³-hybridized carbons (Fsp3) is 0.409. The zero-order valence-corrected chi connectivity index (χ0v) is 15.5. The molecule has 1 spiro atoms. The number of likely N-dealkylation sites (tertiary alicyclic amines) is 1. The van der Waals surface area contributed by atoms with Crippen molar-refractivity contribution in [1.29, 1.82) is 5.26 Å². The molecule has 2 aliphatic heterocycles. The number of rotatable bonds is 4. The van der Waals surface area contributed by atoms with E-state index in [1.807, 2.05) is 24.3 Å². The topological polar surface area (TPSA) is 60.2 Å². The van der Waals surface area contributed by atoms with Crippen LogP contribution in [0.1, 0.15) is 30.4 Å². The van der Waals surface area contributed by atoms with E-state index in [1.54, 1.807) is 12.3 Å². The van der Waals surface area contributed by atoms with Crippen LogP contribution in [0, 0.1) is 16.7 Å². The van der Waals surface area contributed by atoms with E-state index in [4.69, 9.17) is 5.26 Å². The van der Waals surface area contributed by atoms with Gasteiger partial charge in [0.2, 0.25) is 5.91 Å². The third-order valence-electron chi connectivity index (χ3n) is 5.89. The average Bonchev–Trinajstić information content (AvgIpc) is 3.15. The minimum atomic E-state index is -0.292. The van der Waals surface area contributed by atoms with E-state index in [1.165, 1.54) is 5.56 Å². The Labute approximate surface area is 160 Å². The van der Waals surface area contributed by atoms with Crippen molar-refractivity contribution in [2.45, 2.75) is 25.7 Å². The zero-order valence-electron chi connectivity index (χ0n) is 15.5. The molecule has 138 valence electrons. The van der Waals surface area contributed by atoms with Gasteiger partial charge in [0.05, 0.1) is 17.0 Å². The van der Waals surface area contributed by atoms with Crippen LogP contribution >= 0.6 is 0 Å². The van der Waals surface area contributed by atoms with Gasteiger partial charge in [-0.1, -0.05) is 30.3 Å². The van der Waals surface area contributed by atoms with Crippen molar-refractivity contribution in [2.24, 2.45) is 5.41 Å². The number of anilines is 1. The molecule has 1 aromatic heterocycles. The van der Waals surface area contributed by atoms with Gasteiger partial charge in [0.15, 0.2) is 0 Å². The average molecular weight is 360 g/mol. The second-order valence-electron chi connectivity index (χ2n) is 7.60. The SMILES string of the molecule is N#Cc1ccnc(N2CC[C@@]3(CCCN(CCc4ccccc4)C3=O)C2)c1. The smallest absolute Gasteiger partial charge is 0.230 e. The van der Waals surface area contributed by atoms with Gasteiger partial charge < -0.3 is 9.80 Å². The van der Waals surface area contributed by atoms with Crippen molar-refractivity contribution in [1.82, 2.24) is 9.88 Å². The highest BCUT2D eigenvalue weighted by molar-refractivity contribution is 5.85. The molecule has 2 fully saturated rings. The molecule has 0 saturated carbocycles. The molecule has 1 aromatic carbocycles. The molecule has 0 N–H and O–H groups in total. The number of nitriles is 1. The predicted molar refractivity (Wildman–Crippen MR) is 104 cm³/mol. The molecule has 1 amide bonds. The maximum atomic E-state index is 13.3. The van der Waals surface area contributed by atoms with E-state index in [0.717, 1.165) is 51.1 Å². The van der Waals surface area contributed by atoms with Gasteiger partial charge in [-0.05, 0) is 43.4 Å². The molecule has 0 bridgehead atoms. The van der Waals surface area contributed by atoms with Crippen LogP contribution in [0.2, 0.25) is 0 Å². The Hall–Kier alpha value is -2.87. The first-order valence-electron chi connectivity index (χ1n) is 9.65. The minimum Gasteiger partial charge on any atom is -0.355 e. The molecule has 0 unspecified atom stereocenters. The van der Waals surface area contributed by atoms with Crippen molar-refractivity contribution in [3.8, 4) is 6.07 Å². The van der Waals surface area contributed by atoms with E-state index in [0.29, 0.717) is 18.0 Å². The van der Waals surface area contributed by atoms with Crippen molar-refractivity contribution in [3.05, 3.63) is 59.8 Å². The van der Waals surface area contributed by atoms with Gasteiger partial charge in [0.25, 0.3) is 0 Å². The molecule has 4 rings (SSSR count). The lowest BCUT2D eigenvalue weighted by Gasteiger charge is -2.39. The largest absolute Gasteiger partial charge is 0.355 e. The summed E-state index contributed by atoms with van der Waals surface area (Å²) in [6, 6.07) is 16.1. The summed E-state index contributed by atoms with van der Waals surface area (Å²) >= 11 is 0. The van der Waals surface area contributed by atoms with Crippen molar-refractivity contribution < 1.29 is 4.79 Å². The molecule has 2 aromatic rings. The number of pyridine rings is 1. The molecule has 3 heterocycles. The van der Waals surface area contributed by atoms with Crippen LogP contribution < -0.4 is 4.90 Å². The summed E-state index contributed by atoms with van der Waals surface area (Å²) in [5.74, 6) is 1.10. The van der Waals surface area contributed by atoms with Crippen LogP contribution in [0.5, 0.6) is 0 Å². The Morgan fingerprint density at radius 1 is 1.15 bits per heavy atom. The number of carbonyl (C=O) groups excluding carboxylic acids is 1. The van der Waals surface area contributed by atoms with Crippen LogP contribution in [0.3, 0.4) is 0 Å². The quantitative estimate of drug-likeness (QED) is 0.841. The molecule has 0 radical (unpaired) electrons. The summed E-state index contributed by atoms with van der Waals surface area (Å²) in [5, 5.41) is 9.12. The molecular weight excluding hydrogens is 336 g/mol. The van der Waals surface area contributed by atoms with Crippen molar-refractivity contribution in [2.75, 3.05) is 31.1 Å². The number of hydrogen-bond acceptors (Lipinski definition) is 4. The molecule has 1 atom stereocenters. The standard InChI is InChI=1S/C22H24N4O/c23-16-19-7-11-24-20(15-19)26-14-10-22(17-26)9-4-12-25(21(22)27)13-8-18-5-2-1-3-6-18/h1-3,5-7,11,15H,4,8-10,12-14,17H2/t22-/m0/s1. The van der Waals surface area contributed by atoms with Crippen LogP contribution in [-0.2, 0) is 11.2 Å². The first kappa shape index (κ1) is 17.5. The fourth-order valence-corrected chi connectivity index (χ4v) is 4.38. The highest BCUT2D eigenvalue weighted by Crippen LogP contribution is 2.41. The first-order chi connectivity index (χ1) is 13.2. The van der Waals surface area contributed by atoms with E-state index < -0.39 is 0 Å². The maximum Gasteiger partial charge on any atom is 0.230 e. The van der Waals surface area contributed by atoms with Gasteiger partial charge in [-0.25, -0.2) is 4.98 Å². The van der Waals surface area contributed by atoms with Gasteiger partial charge in [-0.15, -0.1) is 0 Å². The van der Waals surface area contributed by atoms with Gasteiger partial charge in [0.1, 0.15) is 5.82 Å².